The average Bonchev–Trinajstić information content (AvgIpc) is 3.30. The maximum atomic E-state index is 13.7. The van der Waals surface area contributed by atoms with Gasteiger partial charge in [-0.15, -0.1) is 0 Å². The normalized spacial score (nSPS) is 17.4. The van der Waals surface area contributed by atoms with Crippen molar-refractivity contribution in [1.29, 1.82) is 0 Å². The van der Waals surface area contributed by atoms with Crippen molar-refractivity contribution in [3.8, 4) is 5.75 Å². The summed E-state index contributed by atoms with van der Waals surface area (Å²) in [4.78, 5) is 31.7. The minimum Gasteiger partial charge on any atom is -0.497 e. The Kier molecular flexibility index (Phi) is 6.73. The van der Waals surface area contributed by atoms with Gasteiger partial charge in [-0.1, -0.05) is 60.7 Å². The van der Waals surface area contributed by atoms with Crippen molar-refractivity contribution < 1.29 is 19.1 Å². The van der Waals surface area contributed by atoms with Crippen molar-refractivity contribution in [3.63, 3.8) is 0 Å². The lowest BCUT2D eigenvalue weighted by atomic mass is 9.87. The van der Waals surface area contributed by atoms with E-state index in [1.807, 2.05) is 77.7 Å². The Hall–Kier alpha value is -4.10. The van der Waals surface area contributed by atoms with Crippen molar-refractivity contribution in [3.05, 3.63) is 101 Å². The fourth-order valence-corrected chi connectivity index (χ4v) is 5.04. The lowest BCUT2D eigenvalue weighted by Crippen LogP contribution is -2.53. The molecule has 0 saturated carbocycles. The zero-order valence-corrected chi connectivity index (χ0v) is 20.4. The van der Waals surface area contributed by atoms with Crippen molar-refractivity contribution in [2.24, 2.45) is 0 Å². The van der Waals surface area contributed by atoms with Gasteiger partial charge in [-0.25, -0.2) is 0 Å². The van der Waals surface area contributed by atoms with Crippen molar-refractivity contribution >= 4 is 22.8 Å². The molecule has 2 atom stereocenters. The van der Waals surface area contributed by atoms with E-state index in [4.69, 9.17) is 9.47 Å². The molecule has 1 aliphatic heterocycles. The van der Waals surface area contributed by atoms with E-state index in [0.717, 1.165) is 39.0 Å². The first-order valence-electron chi connectivity index (χ1n) is 12.0. The molecule has 5 rings (SSSR count). The summed E-state index contributed by atoms with van der Waals surface area (Å²) in [5.41, 5.74) is 5.04. The van der Waals surface area contributed by atoms with Gasteiger partial charge in [0.25, 0.3) is 0 Å². The number of benzene rings is 3. The van der Waals surface area contributed by atoms with Crippen molar-refractivity contribution in [2.75, 3.05) is 20.8 Å². The third-order valence-corrected chi connectivity index (χ3v) is 6.83. The van der Waals surface area contributed by atoms with Gasteiger partial charge in [0.15, 0.2) is 0 Å². The number of amides is 1. The van der Waals surface area contributed by atoms with Gasteiger partial charge in [0.2, 0.25) is 5.91 Å². The van der Waals surface area contributed by atoms with Crippen LogP contribution in [0.2, 0.25) is 0 Å². The van der Waals surface area contributed by atoms with Crippen molar-refractivity contribution in [2.45, 2.75) is 25.0 Å². The predicted molar refractivity (Wildman–Crippen MR) is 138 cm³/mol. The van der Waals surface area contributed by atoms with Gasteiger partial charge in [-0.2, -0.15) is 0 Å². The number of fused-ring (bicyclic) bond motifs is 3. The molecule has 3 aromatic carbocycles. The fourth-order valence-electron chi connectivity index (χ4n) is 5.04. The summed E-state index contributed by atoms with van der Waals surface area (Å²) >= 11 is 0. The second kappa shape index (κ2) is 10.3. The topological polar surface area (TPSA) is 83.7 Å². The number of rotatable bonds is 7. The van der Waals surface area contributed by atoms with E-state index in [9.17, 15) is 9.59 Å². The Morgan fingerprint density at radius 1 is 0.972 bits per heavy atom. The summed E-state index contributed by atoms with van der Waals surface area (Å²) in [6, 6.07) is 24.7. The van der Waals surface area contributed by atoms with Crippen LogP contribution in [0.1, 0.15) is 28.4 Å². The largest absolute Gasteiger partial charge is 0.497 e. The number of aromatic amines is 1. The maximum Gasteiger partial charge on any atom is 0.319 e. The molecule has 7 heteroatoms. The molecule has 7 nitrogen and oxygen atoms in total. The molecule has 2 heterocycles. The second-order valence-corrected chi connectivity index (χ2v) is 8.91. The van der Waals surface area contributed by atoms with E-state index in [0.29, 0.717) is 13.0 Å². The first-order chi connectivity index (χ1) is 17.6. The molecular weight excluding hydrogens is 454 g/mol. The van der Waals surface area contributed by atoms with Gasteiger partial charge in [-0.05, 0) is 41.3 Å². The molecule has 4 aromatic rings. The molecule has 0 saturated heterocycles. The van der Waals surface area contributed by atoms with Crippen LogP contribution in [-0.2, 0) is 27.3 Å². The lowest BCUT2D eigenvalue weighted by Gasteiger charge is -2.40. The highest BCUT2D eigenvalue weighted by Gasteiger charge is 2.41. The molecule has 36 heavy (non-hydrogen) atoms. The predicted octanol–water partition coefficient (Wildman–Crippen LogP) is 3.98. The summed E-state index contributed by atoms with van der Waals surface area (Å²) in [7, 11) is 3.00. The average molecular weight is 484 g/mol. The molecule has 1 aliphatic rings. The minimum atomic E-state index is -0.563. The minimum absolute atomic E-state index is 0.0224. The SMILES string of the molecule is COC(=O)CN1[C@@H](c2ccc(OC)cc2)c2[nH]c3ccccc3c2C[C@H]1C(=O)NCc1ccccc1. The monoisotopic (exact) mass is 483 g/mol. The zero-order valence-electron chi connectivity index (χ0n) is 20.4. The van der Waals surface area contributed by atoms with Crippen LogP contribution >= 0.6 is 0 Å². The molecule has 0 aliphatic carbocycles. The van der Waals surface area contributed by atoms with Gasteiger partial charge in [0.05, 0.1) is 32.8 Å². The molecule has 0 spiro atoms. The first kappa shape index (κ1) is 23.6. The van der Waals surface area contributed by atoms with Crippen LogP contribution in [0, 0.1) is 0 Å². The third-order valence-electron chi connectivity index (χ3n) is 6.83. The summed E-state index contributed by atoms with van der Waals surface area (Å²) < 4.78 is 10.4. The molecule has 0 unspecified atom stereocenters. The van der Waals surface area contributed by atoms with Gasteiger partial charge in [0.1, 0.15) is 5.75 Å². The standard InChI is InChI=1S/C29H29N3O4/c1-35-21-14-12-20(13-15-21)28-27-23(22-10-6-7-11-24(22)31-27)16-25(32(28)18-26(33)36-2)29(34)30-17-19-8-4-3-5-9-19/h3-15,25,28,31H,16-18H2,1-2H3,(H,30,34)/t25-,28-/m0/s1. The number of H-pyrrole nitrogens is 1. The smallest absolute Gasteiger partial charge is 0.319 e. The van der Waals surface area contributed by atoms with E-state index in [1.54, 1.807) is 7.11 Å². The van der Waals surface area contributed by atoms with Crippen LogP contribution in [0.15, 0.2) is 78.9 Å². The number of esters is 1. The lowest BCUT2D eigenvalue weighted by molar-refractivity contribution is -0.144. The Bertz CT molecular complexity index is 1360. The molecule has 0 fully saturated rings. The molecule has 1 aromatic heterocycles. The summed E-state index contributed by atoms with van der Waals surface area (Å²) in [5.74, 6) is 0.217. The van der Waals surface area contributed by atoms with E-state index in [-0.39, 0.29) is 18.5 Å². The van der Waals surface area contributed by atoms with E-state index in [1.165, 1.54) is 7.11 Å². The van der Waals surface area contributed by atoms with Gasteiger partial charge in [0, 0.05) is 23.1 Å². The van der Waals surface area contributed by atoms with Crippen LogP contribution in [-0.4, -0.2) is 48.6 Å². The highest BCUT2D eigenvalue weighted by Crippen LogP contribution is 2.41. The number of hydrogen-bond acceptors (Lipinski definition) is 5. The number of nitrogens with zero attached hydrogens (tertiary/aromatic N) is 1. The Morgan fingerprint density at radius 2 is 1.69 bits per heavy atom. The van der Waals surface area contributed by atoms with Gasteiger partial charge >= 0.3 is 5.97 Å². The Labute approximate surface area is 210 Å². The third kappa shape index (κ3) is 4.57. The molecule has 184 valence electrons. The number of para-hydroxylation sites is 1. The molecule has 1 amide bonds. The number of carbonyl (C=O) groups is 2. The number of ether oxygens (including phenoxy) is 2. The summed E-state index contributed by atoms with van der Waals surface area (Å²) in [5, 5.41) is 4.18. The Morgan fingerprint density at radius 3 is 2.42 bits per heavy atom. The van der Waals surface area contributed by atoms with E-state index in [2.05, 4.69) is 16.4 Å². The molecule has 0 radical (unpaired) electrons. The number of aromatic nitrogens is 1. The number of carbonyl (C=O) groups excluding carboxylic acids is 2. The van der Waals surface area contributed by atoms with E-state index >= 15 is 0 Å². The van der Waals surface area contributed by atoms with Crippen LogP contribution < -0.4 is 10.1 Å². The quantitative estimate of drug-likeness (QED) is 0.389. The van der Waals surface area contributed by atoms with Crippen LogP contribution in [0.5, 0.6) is 5.75 Å². The highest BCUT2D eigenvalue weighted by molar-refractivity contribution is 5.89. The van der Waals surface area contributed by atoms with E-state index < -0.39 is 12.0 Å². The van der Waals surface area contributed by atoms with Crippen LogP contribution in [0.4, 0.5) is 0 Å². The number of methoxy groups -OCH3 is 2. The van der Waals surface area contributed by atoms with Gasteiger partial charge in [-0.3, -0.25) is 14.5 Å². The fraction of sp³-hybridized carbons (Fsp3) is 0.241. The highest BCUT2D eigenvalue weighted by atomic mass is 16.5. The number of hydrogen-bond donors (Lipinski definition) is 2. The van der Waals surface area contributed by atoms with Gasteiger partial charge < -0.3 is 19.8 Å². The molecular formula is C29H29N3O4. The summed E-state index contributed by atoms with van der Waals surface area (Å²) in [6.45, 7) is 0.390. The van der Waals surface area contributed by atoms with Crippen molar-refractivity contribution in [1.82, 2.24) is 15.2 Å². The number of nitrogens with one attached hydrogen (secondary N) is 2. The van der Waals surface area contributed by atoms with Crippen LogP contribution in [0.3, 0.4) is 0 Å². The maximum absolute atomic E-state index is 13.7. The first-order valence-corrected chi connectivity index (χ1v) is 12.0. The molecule has 0 bridgehead atoms. The zero-order chi connectivity index (χ0) is 25.1. The Balaban J connectivity index is 1.58. The van der Waals surface area contributed by atoms with Crippen LogP contribution in [0.25, 0.3) is 10.9 Å². The summed E-state index contributed by atoms with van der Waals surface area (Å²) in [6.07, 6.45) is 0.476. The molecule has 2 N–H and O–H groups in total. The second-order valence-electron chi connectivity index (χ2n) is 8.91.